The number of phenols is 1. The first kappa shape index (κ1) is 17.7. The van der Waals surface area contributed by atoms with Crippen molar-refractivity contribution >= 4 is 45.5 Å². The number of nitrogens with one attached hydrogen (secondary N) is 1. The second-order valence-corrected chi connectivity index (χ2v) is 6.28. The van der Waals surface area contributed by atoms with E-state index in [2.05, 4.69) is 21.2 Å². The number of rotatable bonds is 3. The van der Waals surface area contributed by atoms with Gasteiger partial charge in [-0.15, -0.1) is 0 Å². The standard InChI is InChI=1S/C18H13BrN2O5/c1-26-15-8-10(5-6-14(15)22)7-13-16(23)20-18(25)21(17(13)24)12-4-2-3-11(19)9-12/h2-9,22H,1H3,(H,20,23,25)/b13-7+. The fourth-order valence-corrected chi connectivity index (χ4v) is 2.84. The number of ether oxygens (including phenoxy) is 1. The number of anilines is 1. The van der Waals surface area contributed by atoms with Crippen molar-refractivity contribution in [1.82, 2.24) is 5.32 Å². The normalized spacial score (nSPS) is 16.0. The molecule has 0 spiro atoms. The Morgan fingerprint density at radius 3 is 2.62 bits per heavy atom. The molecule has 1 fully saturated rings. The molecular weight excluding hydrogens is 404 g/mol. The van der Waals surface area contributed by atoms with Crippen LogP contribution >= 0.6 is 15.9 Å². The number of carbonyl (C=O) groups excluding carboxylic acids is 3. The second-order valence-electron chi connectivity index (χ2n) is 5.37. The topological polar surface area (TPSA) is 95.9 Å². The molecule has 0 unspecified atom stereocenters. The number of halogens is 1. The molecule has 1 aliphatic heterocycles. The number of hydrogen-bond donors (Lipinski definition) is 2. The lowest BCUT2D eigenvalue weighted by Crippen LogP contribution is -2.54. The Hall–Kier alpha value is -3.13. The van der Waals surface area contributed by atoms with Crippen molar-refractivity contribution in [2.45, 2.75) is 0 Å². The Morgan fingerprint density at radius 1 is 1.15 bits per heavy atom. The molecule has 1 saturated heterocycles. The van der Waals surface area contributed by atoms with Crippen LogP contribution in [-0.4, -0.2) is 30.1 Å². The molecule has 4 amide bonds. The largest absolute Gasteiger partial charge is 0.504 e. The zero-order chi connectivity index (χ0) is 18.8. The Bertz CT molecular complexity index is 954. The third-order valence-electron chi connectivity index (χ3n) is 3.68. The molecule has 1 heterocycles. The van der Waals surface area contributed by atoms with Crippen molar-refractivity contribution in [3.05, 3.63) is 58.1 Å². The predicted molar refractivity (Wildman–Crippen MR) is 97.8 cm³/mol. The maximum atomic E-state index is 12.8. The van der Waals surface area contributed by atoms with Gasteiger partial charge in [0, 0.05) is 4.47 Å². The van der Waals surface area contributed by atoms with E-state index in [1.165, 1.54) is 31.4 Å². The monoisotopic (exact) mass is 416 g/mol. The molecule has 7 nitrogen and oxygen atoms in total. The molecule has 0 radical (unpaired) electrons. The summed E-state index contributed by atoms with van der Waals surface area (Å²) in [4.78, 5) is 37.9. The van der Waals surface area contributed by atoms with Gasteiger partial charge in [0.15, 0.2) is 11.5 Å². The van der Waals surface area contributed by atoms with E-state index in [4.69, 9.17) is 4.74 Å². The van der Waals surface area contributed by atoms with Crippen LogP contribution in [0.2, 0.25) is 0 Å². The number of hydrogen-bond acceptors (Lipinski definition) is 5. The average molecular weight is 417 g/mol. The second kappa shape index (κ2) is 7.01. The number of benzene rings is 2. The summed E-state index contributed by atoms with van der Waals surface area (Å²) >= 11 is 3.28. The predicted octanol–water partition coefficient (Wildman–Crippen LogP) is 2.83. The SMILES string of the molecule is COc1cc(/C=C2\C(=O)NC(=O)N(c3cccc(Br)c3)C2=O)ccc1O. The fraction of sp³-hybridized carbons (Fsp3) is 0.0556. The van der Waals surface area contributed by atoms with Crippen LogP contribution < -0.4 is 15.0 Å². The summed E-state index contributed by atoms with van der Waals surface area (Å²) in [6, 6.07) is 10.2. The number of nitrogens with zero attached hydrogens (tertiary/aromatic N) is 1. The lowest BCUT2D eigenvalue weighted by Gasteiger charge is -2.26. The van der Waals surface area contributed by atoms with Crippen LogP contribution in [0.15, 0.2) is 52.5 Å². The smallest absolute Gasteiger partial charge is 0.335 e. The van der Waals surface area contributed by atoms with Crippen LogP contribution in [0.1, 0.15) is 5.56 Å². The van der Waals surface area contributed by atoms with Crippen molar-refractivity contribution in [2.75, 3.05) is 12.0 Å². The quantitative estimate of drug-likeness (QED) is 0.592. The van der Waals surface area contributed by atoms with Crippen LogP contribution in [0.5, 0.6) is 11.5 Å². The van der Waals surface area contributed by atoms with Crippen LogP contribution in [0, 0.1) is 0 Å². The first-order valence-corrected chi connectivity index (χ1v) is 8.24. The first-order chi connectivity index (χ1) is 12.4. The number of urea groups is 1. The summed E-state index contributed by atoms with van der Waals surface area (Å²) in [6.07, 6.45) is 1.33. The Kier molecular flexibility index (Phi) is 4.77. The van der Waals surface area contributed by atoms with E-state index in [-0.39, 0.29) is 17.1 Å². The van der Waals surface area contributed by atoms with Crippen molar-refractivity contribution in [3.8, 4) is 11.5 Å². The first-order valence-electron chi connectivity index (χ1n) is 7.44. The molecular formula is C18H13BrN2O5. The van der Waals surface area contributed by atoms with E-state index in [0.29, 0.717) is 15.7 Å². The van der Waals surface area contributed by atoms with E-state index in [0.717, 1.165) is 4.90 Å². The highest BCUT2D eigenvalue weighted by Crippen LogP contribution is 2.29. The number of carbonyl (C=O) groups is 3. The average Bonchev–Trinajstić information content (AvgIpc) is 2.60. The van der Waals surface area contributed by atoms with Gasteiger partial charge in [0.25, 0.3) is 11.8 Å². The van der Waals surface area contributed by atoms with E-state index >= 15 is 0 Å². The number of amides is 4. The zero-order valence-electron chi connectivity index (χ0n) is 13.5. The van der Waals surface area contributed by atoms with Crippen molar-refractivity contribution in [2.24, 2.45) is 0 Å². The van der Waals surface area contributed by atoms with Gasteiger partial charge < -0.3 is 9.84 Å². The maximum Gasteiger partial charge on any atom is 0.335 e. The van der Waals surface area contributed by atoms with E-state index < -0.39 is 17.8 Å². The molecule has 0 atom stereocenters. The Morgan fingerprint density at radius 2 is 1.92 bits per heavy atom. The summed E-state index contributed by atoms with van der Waals surface area (Å²) in [5, 5.41) is 11.8. The summed E-state index contributed by atoms with van der Waals surface area (Å²) < 4.78 is 5.70. The third kappa shape index (κ3) is 3.31. The van der Waals surface area contributed by atoms with Gasteiger partial charge in [-0.05, 0) is 42.0 Å². The molecule has 0 bridgehead atoms. The molecule has 132 valence electrons. The molecule has 3 rings (SSSR count). The molecule has 0 aromatic heterocycles. The van der Waals surface area contributed by atoms with Crippen LogP contribution in [0.25, 0.3) is 6.08 Å². The molecule has 2 aromatic rings. The number of phenolic OH excluding ortho intramolecular Hbond substituents is 1. The van der Waals surface area contributed by atoms with Crippen LogP contribution in [0.3, 0.4) is 0 Å². The highest BCUT2D eigenvalue weighted by Gasteiger charge is 2.36. The highest BCUT2D eigenvalue weighted by atomic mass is 79.9. The number of aromatic hydroxyl groups is 1. The van der Waals surface area contributed by atoms with E-state index in [9.17, 15) is 19.5 Å². The summed E-state index contributed by atoms with van der Waals surface area (Å²) in [6.45, 7) is 0. The highest BCUT2D eigenvalue weighted by molar-refractivity contribution is 9.10. The van der Waals surface area contributed by atoms with Crippen LogP contribution in [0.4, 0.5) is 10.5 Å². The van der Waals surface area contributed by atoms with Crippen molar-refractivity contribution in [3.63, 3.8) is 0 Å². The van der Waals surface area contributed by atoms with Gasteiger partial charge in [-0.3, -0.25) is 14.9 Å². The van der Waals surface area contributed by atoms with Gasteiger partial charge in [0.05, 0.1) is 12.8 Å². The zero-order valence-corrected chi connectivity index (χ0v) is 15.1. The van der Waals surface area contributed by atoms with E-state index in [1.807, 2.05) is 0 Å². The third-order valence-corrected chi connectivity index (χ3v) is 4.18. The fourth-order valence-electron chi connectivity index (χ4n) is 2.46. The van der Waals surface area contributed by atoms with Gasteiger partial charge in [0.1, 0.15) is 5.57 Å². The van der Waals surface area contributed by atoms with E-state index in [1.54, 1.807) is 24.3 Å². The lowest BCUT2D eigenvalue weighted by molar-refractivity contribution is -0.122. The molecule has 8 heteroatoms. The minimum atomic E-state index is -0.821. The summed E-state index contributed by atoms with van der Waals surface area (Å²) in [5.74, 6) is -1.41. The lowest BCUT2D eigenvalue weighted by atomic mass is 10.1. The van der Waals surface area contributed by atoms with Gasteiger partial charge in [0.2, 0.25) is 0 Å². The van der Waals surface area contributed by atoms with Crippen molar-refractivity contribution in [1.29, 1.82) is 0 Å². The molecule has 0 saturated carbocycles. The summed E-state index contributed by atoms with van der Waals surface area (Å²) in [7, 11) is 1.39. The van der Waals surface area contributed by atoms with Crippen LogP contribution in [-0.2, 0) is 9.59 Å². The molecule has 2 N–H and O–H groups in total. The number of methoxy groups -OCH3 is 1. The molecule has 2 aromatic carbocycles. The van der Waals surface area contributed by atoms with Gasteiger partial charge in [-0.25, -0.2) is 9.69 Å². The molecule has 1 aliphatic rings. The summed E-state index contributed by atoms with van der Waals surface area (Å²) in [5.41, 5.74) is 0.572. The van der Waals surface area contributed by atoms with Crippen molar-refractivity contribution < 1.29 is 24.2 Å². The van der Waals surface area contributed by atoms with Gasteiger partial charge >= 0.3 is 6.03 Å². The molecule has 0 aliphatic carbocycles. The minimum Gasteiger partial charge on any atom is -0.504 e. The number of barbiturate groups is 1. The number of imide groups is 2. The minimum absolute atomic E-state index is 0.0694. The van der Waals surface area contributed by atoms with Gasteiger partial charge in [-0.2, -0.15) is 0 Å². The maximum absolute atomic E-state index is 12.8. The Labute approximate surface area is 157 Å². The molecule has 26 heavy (non-hydrogen) atoms. The Balaban J connectivity index is 2.03. The van der Waals surface area contributed by atoms with Gasteiger partial charge in [-0.1, -0.05) is 28.1 Å².